The number of amides is 1. The molecular weight excluding hydrogens is 328 g/mol. The minimum atomic E-state index is -2.63. The lowest BCUT2D eigenvalue weighted by molar-refractivity contribution is -0.116. The van der Waals surface area contributed by atoms with Gasteiger partial charge in [0.15, 0.2) is 5.65 Å². The SMILES string of the molecule is Cc1ccnc(NC(=O)Cn2nc(C)c3c(C(F)F)cc(C)nc32)c1. The van der Waals surface area contributed by atoms with Gasteiger partial charge in [-0.15, -0.1) is 0 Å². The molecule has 1 amide bonds. The van der Waals surface area contributed by atoms with Gasteiger partial charge >= 0.3 is 0 Å². The molecule has 3 aromatic heterocycles. The van der Waals surface area contributed by atoms with Crippen molar-refractivity contribution in [3.8, 4) is 0 Å². The first-order valence-corrected chi connectivity index (χ1v) is 7.70. The van der Waals surface area contributed by atoms with Crippen molar-refractivity contribution >= 4 is 22.8 Å². The molecule has 130 valence electrons. The first-order valence-electron chi connectivity index (χ1n) is 7.70. The van der Waals surface area contributed by atoms with Gasteiger partial charge in [-0.2, -0.15) is 5.10 Å². The van der Waals surface area contributed by atoms with Crippen molar-refractivity contribution in [2.24, 2.45) is 0 Å². The lowest BCUT2D eigenvalue weighted by atomic mass is 10.1. The van der Waals surface area contributed by atoms with E-state index < -0.39 is 6.43 Å². The van der Waals surface area contributed by atoms with Crippen LogP contribution in [0.1, 0.15) is 28.9 Å². The van der Waals surface area contributed by atoms with Crippen LogP contribution in [-0.4, -0.2) is 25.7 Å². The molecule has 0 aliphatic rings. The van der Waals surface area contributed by atoms with E-state index >= 15 is 0 Å². The molecule has 6 nitrogen and oxygen atoms in total. The van der Waals surface area contributed by atoms with Crippen molar-refractivity contribution in [1.29, 1.82) is 0 Å². The third-order valence-electron chi connectivity index (χ3n) is 3.75. The van der Waals surface area contributed by atoms with Crippen LogP contribution in [0.3, 0.4) is 0 Å². The van der Waals surface area contributed by atoms with E-state index in [1.54, 1.807) is 26.1 Å². The Kier molecular flexibility index (Phi) is 4.43. The topological polar surface area (TPSA) is 72.7 Å². The molecule has 0 radical (unpaired) electrons. The van der Waals surface area contributed by atoms with Gasteiger partial charge in [0.05, 0.1) is 11.1 Å². The summed E-state index contributed by atoms with van der Waals surface area (Å²) in [6.07, 6.45) is -1.04. The fourth-order valence-corrected chi connectivity index (χ4v) is 2.72. The second kappa shape index (κ2) is 6.54. The molecule has 3 heterocycles. The Labute approximate surface area is 142 Å². The molecule has 0 fully saturated rings. The zero-order valence-corrected chi connectivity index (χ0v) is 14.0. The fraction of sp³-hybridized carbons (Fsp3) is 0.294. The minimum Gasteiger partial charge on any atom is -0.309 e. The molecule has 0 saturated heterocycles. The number of nitrogens with zero attached hydrogens (tertiary/aromatic N) is 4. The standard InChI is InChI=1S/C17H17F2N5O/c1-9-4-5-20-13(6-9)22-14(25)8-24-17-15(11(3)23-24)12(16(18)19)7-10(2)21-17/h4-7,16H,8H2,1-3H3,(H,20,22,25). The quantitative estimate of drug-likeness (QED) is 0.787. The van der Waals surface area contributed by atoms with E-state index in [4.69, 9.17) is 0 Å². The highest BCUT2D eigenvalue weighted by atomic mass is 19.3. The van der Waals surface area contributed by atoms with Crippen LogP contribution < -0.4 is 5.32 Å². The summed E-state index contributed by atoms with van der Waals surface area (Å²) in [6, 6.07) is 4.91. The van der Waals surface area contributed by atoms with Crippen LogP contribution in [0.25, 0.3) is 11.0 Å². The maximum absolute atomic E-state index is 13.3. The number of aromatic nitrogens is 4. The molecular formula is C17H17F2N5O. The van der Waals surface area contributed by atoms with Crippen LogP contribution in [0.15, 0.2) is 24.4 Å². The molecule has 25 heavy (non-hydrogen) atoms. The highest BCUT2D eigenvalue weighted by Crippen LogP contribution is 2.29. The molecule has 0 aliphatic heterocycles. The van der Waals surface area contributed by atoms with Crippen LogP contribution in [0.4, 0.5) is 14.6 Å². The maximum Gasteiger partial charge on any atom is 0.264 e. The number of fused-ring (bicyclic) bond motifs is 1. The Morgan fingerprint density at radius 3 is 2.72 bits per heavy atom. The molecule has 0 bridgehead atoms. The van der Waals surface area contributed by atoms with E-state index in [9.17, 15) is 13.6 Å². The van der Waals surface area contributed by atoms with Crippen molar-refractivity contribution in [2.75, 3.05) is 5.32 Å². The number of alkyl halides is 2. The zero-order chi connectivity index (χ0) is 18.1. The monoisotopic (exact) mass is 345 g/mol. The largest absolute Gasteiger partial charge is 0.309 e. The molecule has 3 aromatic rings. The predicted octanol–water partition coefficient (Wildman–Crippen LogP) is 3.33. The van der Waals surface area contributed by atoms with Gasteiger partial charge < -0.3 is 5.32 Å². The molecule has 3 rings (SSSR count). The Morgan fingerprint density at radius 1 is 1.28 bits per heavy atom. The summed E-state index contributed by atoms with van der Waals surface area (Å²) in [5.41, 5.74) is 1.99. The smallest absolute Gasteiger partial charge is 0.264 e. The van der Waals surface area contributed by atoms with Gasteiger partial charge in [0.25, 0.3) is 6.43 Å². The highest BCUT2D eigenvalue weighted by Gasteiger charge is 2.20. The van der Waals surface area contributed by atoms with E-state index in [0.717, 1.165) is 5.56 Å². The summed E-state index contributed by atoms with van der Waals surface area (Å²) in [4.78, 5) is 20.6. The summed E-state index contributed by atoms with van der Waals surface area (Å²) in [5, 5.41) is 7.18. The van der Waals surface area contributed by atoms with Gasteiger partial charge in [0.2, 0.25) is 5.91 Å². The number of anilines is 1. The number of hydrogen-bond acceptors (Lipinski definition) is 4. The van der Waals surface area contributed by atoms with Crippen LogP contribution >= 0.6 is 0 Å². The number of carbonyl (C=O) groups excluding carboxylic acids is 1. The molecule has 0 unspecified atom stereocenters. The second-order valence-electron chi connectivity index (χ2n) is 5.86. The highest BCUT2D eigenvalue weighted by molar-refractivity contribution is 5.91. The summed E-state index contributed by atoms with van der Waals surface area (Å²) >= 11 is 0. The van der Waals surface area contributed by atoms with Crippen LogP contribution in [0.5, 0.6) is 0 Å². The van der Waals surface area contributed by atoms with E-state index in [2.05, 4.69) is 20.4 Å². The van der Waals surface area contributed by atoms with Crippen molar-refractivity contribution in [1.82, 2.24) is 19.7 Å². The number of aryl methyl sites for hydroxylation is 3. The number of pyridine rings is 2. The normalized spacial score (nSPS) is 11.3. The van der Waals surface area contributed by atoms with Crippen LogP contribution in [0.2, 0.25) is 0 Å². The van der Waals surface area contributed by atoms with Crippen molar-refractivity contribution in [3.63, 3.8) is 0 Å². The van der Waals surface area contributed by atoms with E-state index in [1.165, 1.54) is 10.7 Å². The minimum absolute atomic E-state index is 0.119. The molecule has 0 atom stereocenters. The fourth-order valence-electron chi connectivity index (χ4n) is 2.72. The Bertz CT molecular complexity index is 952. The summed E-state index contributed by atoms with van der Waals surface area (Å²) in [5.74, 6) is 0.0694. The molecule has 0 saturated carbocycles. The number of carbonyl (C=O) groups is 1. The predicted molar refractivity (Wildman–Crippen MR) is 89.6 cm³/mol. The summed E-state index contributed by atoms with van der Waals surface area (Å²) in [7, 11) is 0. The lowest BCUT2D eigenvalue weighted by Gasteiger charge is -2.07. The number of nitrogens with one attached hydrogen (secondary N) is 1. The third kappa shape index (κ3) is 3.47. The second-order valence-corrected chi connectivity index (χ2v) is 5.86. The lowest BCUT2D eigenvalue weighted by Crippen LogP contribution is -2.20. The number of rotatable bonds is 4. The van der Waals surface area contributed by atoms with Crippen LogP contribution in [-0.2, 0) is 11.3 Å². The average Bonchev–Trinajstić information content (AvgIpc) is 2.82. The molecule has 0 aromatic carbocycles. The van der Waals surface area contributed by atoms with Gasteiger partial charge in [0, 0.05) is 17.5 Å². The van der Waals surface area contributed by atoms with E-state index in [-0.39, 0.29) is 23.7 Å². The zero-order valence-electron chi connectivity index (χ0n) is 14.0. The summed E-state index contributed by atoms with van der Waals surface area (Å²) in [6.45, 7) is 5.01. The van der Waals surface area contributed by atoms with E-state index in [1.807, 2.05) is 13.0 Å². The van der Waals surface area contributed by atoms with Gasteiger partial charge in [-0.3, -0.25) is 4.79 Å². The Morgan fingerprint density at radius 2 is 2.04 bits per heavy atom. The van der Waals surface area contributed by atoms with Crippen molar-refractivity contribution in [3.05, 3.63) is 46.9 Å². The molecule has 1 N–H and O–H groups in total. The Hall–Kier alpha value is -2.90. The van der Waals surface area contributed by atoms with Crippen molar-refractivity contribution < 1.29 is 13.6 Å². The third-order valence-corrected chi connectivity index (χ3v) is 3.75. The van der Waals surface area contributed by atoms with E-state index in [0.29, 0.717) is 22.6 Å². The van der Waals surface area contributed by atoms with Crippen LogP contribution in [0, 0.1) is 20.8 Å². The molecule has 0 spiro atoms. The number of halogens is 2. The van der Waals surface area contributed by atoms with Crippen molar-refractivity contribution in [2.45, 2.75) is 33.7 Å². The van der Waals surface area contributed by atoms with Gasteiger partial charge in [0.1, 0.15) is 12.4 Å². The first kappa shape index (κ1) is 16.9. The summed E-state index contributed by atoms with van der Waals surface area (Å²) < 4.78 is 27.9. The molecule has 8 heteroatoms. The Balaban J connectivity index is 1.92. The number of hydrogen-bond donors (Lipinski definition) is 1. The maximum atomic E-state index is 13.3. The van der Waals surface area contributed by atoms with Gasteiger partial charge in [-0.05, 0) is 44.5 Å². The van der Waals surface area contributed by atoms with Gasteiger partial charge in [-0.1, -0.05) is 0 Å². The average molecular weight is 345 g/mol. The molecule has 0 aliphatic carbocycles. The first-order chi connectivity index (χ1) is 11.8. The van der Waals surface area contributed by atoms with Gasteiger partial charge in [-0.25, -0.2) is 23.4 Å².